The number of aryl methyl sites for hydroxylation is 2. The lowest BCUT2D eigenvalue weighted by Gasteiger charge is -2.24. The third-order valence-electron chi connectivity index (χ3n) is 5.08. The number of hydrogen-bond donors (Lipinski definition) is 1. The summed E-state index contributed by atoms with van der Waals surface area (Å²) in [6, 6.07) is 17.6. The summed E-state index contributed by atoms with van der Waals surface area (Å²) in [6.45, 7) is 6.83. The molecule has 0 fully saturated rings. The molecule has 0 saturated carbocycles. The van der Waals surface area contributed by atoms with Crippen LogP contribution in [0.1, 0.15) is 21.5 Å². The number of carbonyl (C=O) groups is 2. The minimum absolute atomic E-state index is 0.0108. The fraction of sp³-hybridized carbons (Fsp3) is 0.154. The maximum Gasteiger partial charge on any atom is 0.338 e. The number of benzene rings is 3. The van der Waals surface area contributed by atoms with Crippen molar-refractivity contribution in [1.82, 2.24) is 0 Å². The van der Waals surface area contributed by atoms with Gasteiger partial charge in [0.05, 0.1) is 27.7 Å². The van der Waals surface area contributed by atoms with E-state index in [4.69, 9.17) is 16.3 Å². The zero-order valence-electron chi connectivity index (χ0n) is 19.3. The van der Waals surface area contributed by atoms with E-state index in [1.165, 1.54) is 30.3 Å². The van der Waals surface area contributed by atoms with Gasteiger partial charge in [0.1, 0.15) is 0 Å². The zero-order chi connectivity index (χ0) is 25.6. The van der Waals surface area contributed by atoms with Gasteiger partial charge in [0.2, 0.25) is 0 Å². The molecule has 7 nitrogen and oxygen atoms in total. The van der Waals surface area contributed by atoms with Gasteiger partial charge >= 0.3 is 5.97 Å². The van der Waals surface area contributed by atoms with E-state index in [2.05, 4.69) is 11.9 Å². The molecule has 35 heavy (non-hydrogen) atoms. The van der Waals surface area contributed by atoms with Crippen LogP contribution in [0.2, 0.25) is 5.02 Å². The minimum Gasteiger partial charge on any atom is -0.452 e. The molecule has 9 heteroatoms. The Balaban J connectivity index is 1.76. The fourth-order valence-electron chi connectivity index (χ4n) is 3.28. The van der Waals surface area contributed by atoms with Crippen LogP contribution in [-0.4, -0.2) is 33.4 Å². The second kappa shape index (κ2) is 11.2. The minimum atomic E-state index is -4.09. The van der Waals surface area contributed by atoms with Crippen molar-refractivity contribution in [1.29, 1.82) is 0 Å². The molecular weight excluding hydrogens is 488 g/mol. The van der Waals surface area contributed by atoms with Gasteiger partial charge in [-0.3, -0.25) is 9.10 Å². The Labute approximate surface area is 210 Å². The number of rotatable bonds is 9. The summed E-state index contributed by atoms with van der Waals surface area (Å²) in [7, 11) is -4.09. The fourth-order valence-corrected chi connectivity index (χ4v) is 5.07. The molecule has 0 unspecified atom stereocenters. The Hall–Kier alpha value is -3.62. The van der Waals surface area contributed by atoms with Crippen LogP contribution >= 0.6 is 11.6 Å². The average molecular weight is 513 g/mol. The third-order valence-corrected chi connectivity index (χ3v) is 7.17. The van der Waals surface area contributed by atoms with Crippen molar-refractivity contribution in [3.63, 3.8) is 0 Å². The lowest BCUT2D eigenvalue weighted by atomic mass is 10.1. The number of ether oxygens (including phenoxy) is 1. The van der Waals surface area contributed by atoms with Crippen molar-refractivity contribution in [2.24, 2.45) is 0 Å². The van der Waals surface area contributed by atoms with Gasteiger partial charge in [0.15, 0.2) is 6.61 Å². The van der Waals surface area contributed by atoms with E-state index < -0.39 is 28.5 Å². The molecule has 3 aromatic carbocycles. The zero-order valence-corrected chi connectivity index (χ0v) is 20.9. The lowest BCUT2D eigenvalue weighted by Crippen LogP contribution is -2.31. The molecule has 0 atom stereocenters. The molecule has 3 rings (SSSR count). The van der Waals surface area contributed by atoms with Gasteiger partial charge in [-0.15, -0.1) is 6.58 Å². The van der Waals surface area contributed by atoms with Crippen molar-refractivity contribution in [2.45, 2.75) is 18.7 Å². The van der Waals surface area contributed by atoms with E-state index in [9.17, 15) is 18.0 Å². The van der Waals surface area contributed by atoms with Crippen molar-refractivity contribution in [2.75, 3.05) is 22.8 Å². The monoisotopic (exact) mass is 512 g/mol. The summed E-state index contributed by atoms with van der Waals surface area (Å²) in [6.07, 6.45) is 1.44. The molecule has 0 aromatic heterocycles. The van der Waals surface area contributed by atoms with Crippen LogP contribution in [0, 0.1) is 13.8 Å². The number of nitrogens with one attached hydrogen (secondary N) is 1. The van der Waals surface area contributed by atoms with Crippen LogP contribution in [0.5, 0.6) is 0 Å². The second-order valence-electron chi connectivity index (χ2n) is 7.75. The molecule has 0 aliphatic carbocycles. The number of nitrogens with zero attached hydrogens (tertiary/aromatic N) is 1. The van der Waals surface area contributed by atoms with Crippen molar-refractivity contribution in [3.8, 4) is 0 Å². The van der Waals surface area contributed by atoms with Gasteiger partial charge in [-0.2, -0.15) is 0 Å². The highest BCUT2D eigenvalue weighted by atomic mass is 35.5. The van der Waals surface area contributed by atoms with E-state index >= 15 is 0 Å². The van der Waals surface area contributed by atoms with E-state index in [-0.39, 0.29) is 27.7 Å². The number of carbonyl (C=O) groups excluding carboxylic acids is 2. The van der Waals surface area contributed by atoms with Crippen LogP contribution in [0.25, 0.3) is 0 Å². The number of hydrogen-bond acceptors (Lipinski definition) is 5. The highest BCUT2D eigenvalue weighted by Crippen LogP contribution is 2.30. The molecule has 0 aliphatic rings. The molecule has 0 heterocycles. The predicted octanol–water partition coefficient (Wildman–Crippen LogP) is 5.13. The van der Waals surface area contributed by atoms with Crippen molar-refractivity contribution in [3.05, 3.63) is 101 Å². The largest absolute Gasteiger partial charge is 0.452 e. The SMILES string of the molecule is C=CCN(c1ccccc1Cl)S(=O)(=O)c1cccc(C(=O)OCC(=O)Nc2cc(C)ccc2C)c1. The maximum atomic E-state index is 13.4. The number of para-hydroxylation sites is 1. The van der Waals surface area contributed by atoms with Gasteiger partial charge < -0.3 is 10.1 Å². The summed E-state index contributed by atoms with van der Waals surface area (Å²) in [5.41, 5.74) is 2.74. The highest BCUT2D eigenvalue weighted by Gasteiger charge is 2.26. The summed E-state index contributed by atoms with van der Waals surface area (Å²) in [5.74, 6) is -1.34. The second-order valence-corrected chi connectivity index (χ2v) is 10.0. The number of amides is 1. The molecule has 0 radical (unpaired) electrons. The molecule has 3 aromatic rings. The van der Waals surface area contributed by atoms with E-state index in [1.807, 2.05) is 32.0 Å². The quantitative estimate of drug-likeness (QED) is 0.317. The number of anilines is 2. The van der Waals surface area contributed by atoms with E-state index in [1.54, 1.807) is 24.3 Å². The van der Waals surface area contributed by atoms with Crippen LogP contribution in [0.4, 0.5) is 11.4 Å². The predicted molar refractivity (Wildman–Crippen MR) is 137 cm³/mol. The van der Waals surface area contributed by atoms with Crippen LogP contribution < -0.4 is 9.62 Å². The first-order valence-corrected chi connectivity index (χ1v) is 12.5. The normalized spacial score (nSPS) is 10.9. The summed E-state index contributed by atoms with van der Waals surface area (Å²) >= 11 is 6.22. The molecule has 0 saturated heterocycles. The Kier molecular flexibility index (Phi) is 8.32. The molecule has 0 spiro atoms. The smallest absolute Gasteiger partial charge is 0.338 e. The summed E-state index contributed by atoms with van der Waals surface area (Å²) in [5, 5.41) is 2.96. The van der Waals surface area contributed by atoms with Gasteiger partial charge in [0, 0.05) is 5.69 Å². The Morgan fingerprint density at radius 3 is 2.51 bits per heavy atom. The summed E-state index contributed by atoms with van der Waals surface area (Å²) < 4.78 is 33.0. The van der Waals surface area contributed by atoms with E-state index in [0.717, 1.165) is 15.4 Å². The Morgan fingerprint density at radius 2 is 1.80 bits per heavy atom. The Bertz CT molecular complexity index is 1370. The standard InChI is InChI=1S/C26H25ClN2O5S/c1-4-14-29(24-11-6-5-10-22(24)27)35(32,33)21-9-7-8-20(16-21)26(31)34-17-25(30)28-23-15-18(2)12-13-19(23)3/h4-13,15-16H,1,14,17H2,2-3H3,(H,28,30). The van der Waals surface area contributed by atoms with Crippen LogP contribution in [0.3, 0.4) is 0 Å². The number of esters is 1. The van der Waals surface area contributed by atoms with Crippen molar-refractivity contribution < 1.29 is 22.7 Å². The Morgan fingerprint density at radius 1 is 1.06 bits per heavy atom. The number of sulfonamides is 1. The lowest BCUT2D eigenvalue weighted by molar-refractivity contribution is -0.119. The van der Waals surface area contributed by atoms with Crippen molar-refractivity contribution >= 4 is 44.9 Å². The molecule has 0 aliphatic heterocycles. The summed E-state index contributed by atoms with van der Waals surface area (Å²) in [4.78, 5) is 24.7. The third kappa shape index (κ3) is 6.29. The molecule has 182 valence electrons. The van der Waals surface area contributed by atoms with Crippen LogP contribution in [0.15, 0.2) is 84.3 Å². The van der Waals surface area contributed by atoms with Crippen LogP contribution in [-0.2, 0) is 19.6 Å². The van der Waals surface area contributed by atoms with Gasteiger partial charge in [0.25, 0.3) is 15.9 Å². The first-order valence-electron chi connectivity index (χ1n) is 10.7. The molecule has 0 bridgehead atoms. The van der Waals surface area contributed by atoms with Gasteiger partial charge in [-0.05, 0) is 61.4 Å². The first-order chi connectivity index (χ1) is 16.6. The van der Waals surface area contributed by atoms with Gasteiger partial charge in [-0.1, -0.05) is 48.0 Å². The highest BCUT2D eigenvalue weighted by molar-refractivity contribution is 7.92. The topological polar surface area (TPSA) is 92.8 Å². The molecule has 1 amide bonds. The molecule has 1 N–H and O–H groups in total. The maximum absolute atomic E-state index is 13.4. The molecular formula is C26H25ClN2O5S. The average Bonchev–Trinajstić information content (AvgIpc) is 2.84. The van der Waals surface area contributed by atoms with E-state index in [0.29, 0.717) is 5.69 Å². The number of halogens is 1. The van der Waals surface area contributed by atoms with Gasteiger partial charge in [-0.25, -0.2) is 13.2 Å². The first kappa shape index (κ1) is 26.0.